The number of benzene rings is 1. The lowest BCUT2D eigenvalue weighted by Crippen LogP contribution is -1.84. The van der Waals surface area contributed by atoms with Crippen LogP contribution in [-0.4, -0.2) is 10.7 Å². The molecule has 0 unspecified atom stereocenters. The summed E-state index contributed by atoms with van der Waals surface area (Å²) in [6.07, 6.45) is 4.41. The lowest BCUT2D eigenvalue weighted by atomic mass is 10.2. The van der Waals surface area contributed by atoms with Crippen LogP contribution in [0.5, 0.6) is 0 Å². The third-order valence-electron chi connectivity index (χ3n) is 2.37. The van der Waals surface area contributed by atoms with Gasteiger partial charge in [-0.3, -0.25) is 0 Å². The van der Waals surface area contributed by atoms with Gasteiger partial charge in [-0.15, -0.1) is 11.8 Å². The third kappa shape index (κ3) is 2.51. The lowest BCUT2D eigenvalue weighted by molar-refractivity contribution is 0.895. The average Bonchev–Trinajstić information content (AvgIpc) is 2.30. The molecule has 0 radical (unpaired) electrons. The highest BCUT2D eigenvalue weighted by molar-refractivity contribution is 7.99. The normalized spacial score (nSPS) is 10.7. The van der Waals surface area contributed by atoms with Crippen LogP contribution in [0.2, 0.25) is 0 Å². The predicted octanol–water partition coefficient (Wildman–Crippen LogP) is 4.13. The van der Waals surface area contributed by atoms with Crippen LogP contribution in [-0.2, 0) is 0 Å². The van der Waals surface area contributed by atoms with Gasteiger partial charge in [0.15, 0.2) is 0 Å². The molecule has 1 aromatic carbocycles. The van der Waals surface area contributed by atoms with Gasteiger partial charge in [0.2, 0.25) is 0 Å². The van der Waals surface area contributed by atoms with Gasteiger partial charge in [-0.05, 0) is 23.6 Å². The van der Waals surface area contributed by atoms with Crippen LogP contribution in [0.1, 0.15) is 19.8 Å². The second-order valence-electron chi connectivity index (χ2n) is 3.54. The van der Waals surface area contributed by atoms with Crippen molar-refractivity contribution in [1.29, 1.82) is 0 Å². The Morgan fingerprint density at radius 1 is 1.20 bits per heavy atom. The summed E-state index contributed by atoms with van der Waals surface area (Å²) >= 11 is 1.86. The van der Waals surface area contributed by atoms with Crippen molar-refractivity contribution in [3.05, 3.63) is 36.5 Å². The first kappa shape index (κ1) is 10.5. The molecular weight excluding hydrogens is 202 g/mol. The maximum absolute atomic E-state index is 4.44. The Labute approximate surface area is 94.9 Å². The van der Waals surface area contributed by atoms with Crippen molar-refractivity contribution >= 4 is 22.5 Å². The van der Waals surface area contributed by atoms with Crippen LogP contribution in [0, 0.1) is 0 Å². The molecule has 2 rings (SSSR count). The van der Waals surface area contributed by atoms with E-state index < -0.39 is 0 Å². The SMILES string of the molecule is CCCCSc1nccc2ccccc12. The first-order valence-electron chi connectivity index (χ1n) is 5.38. The standard InChI is InChI=1S/C13H15NS/c1-2-3-10-15-13-12-7-5-4-6-11(12)8-9-14-13/h4-9H,2-3,10H2,1H3. The van der Waals surface area contributed by atoms with Gasteiger partial charge in [-0.2, -0.15) is 0 Å². The molecule has 1 aromatic heterocycles. The number of hydrogen-bond acceptors (Lipinski definition) is 2. The van der Waals surface area contributed by atoms with Crippen molar-refractivity contribution in [1.82, 2.24) is 4.98 Å². The van der Waals surface area contributed by atoms with E-state index in [2.05, 4.69) is 42.2 Å². The summed E-state index contributed by atoms with van der Waals surface area (Å²) in [5.74, 6) is 1.16. The van der Waals surface area contributed by atoms with Gasteiger partial charge in [0.25, 0.3) is 0 Å². The van der Waals surface area contributed by atoms with E-state index in [4.69, 9.17) is 0 Å². The highest BCUT2D eigenvalue weighted by Crippen LogP contribution is 2.25. The summed E-state index contributed by atoms with van der Waals surface area (Å²) in [6.45, 7) is 2.22. The van der Waals surface area contributed by atoms with Crippen LogP contribution in [0.15, 0.2) is 41.6 Å². The molecule has 2 heteroatoms. The fourth-order valence-corrected chi connectivity index (χ4v) is 2.62. The number of aromatic nitrogens is 1. The van der Waals surface area contributed by atoms with E-state index in [0.29, 0.717) is 0 Å². The van der Waals surface area contributed by atoms with E-state index in [-0.39, 0.29) is 0 Å². The number of rotatable bonds is 4. The number of thioether (sulfide) groups is 1. The molecule has 78 valence electrons. The second kappa shape index (κ2) is 5.17. The van der Waals surface area contributed by atoms with E-state index >= 15 is 0 Å². The van der Waals surface area contributed by atoms with Gasteiger partial charge < -0.3 is 0 Å². The molecule has 0 amide bonds. The Bertz CT molecular complexity index is 434. The number of nitrogens with zero attached hydrogens (tertiary/aromatic N) is 1. The van der Waals surface area contributed by atoms with Gasteiger partial charge in [-0.1, -0.05) is 37.6 Å². The van der Waals surface area contributed by atoms with Gasteiger partial charge >= 0.3 is 0 Å². The number of pyridine rings is 1. The highest BCUT2D eigenvalue weighted by Gasteiger charge is 2.01. The quantitative estimate of drug-likeness (QED) is 0.564. The lowest BCUT2D eigenvalue weighted by Gasteiger charge is -2.04. The Balaban J connectivity index is 2.26. The minimum absolute atomic E-state index is 1.16. The van der Waals surface area contributed by atoms with E-state index in [1.165, 1.54) is 28.6 Å². The second-order valence-corrected chi connectivity index (χ2v) is 4.62. The number of hydrogen-bond donors (Lipinski definition) is 0. The van der Waals surface area contributed by atoms with Crippen LogP contribution in [0.25, 0.3) is 10.8 Å². The van der Waals surface area contributed by atoms with Crippen LogP contribution in [0.4, 0.5) is 0 Å². The Morgan fingerprint density at radius 3 is 2.93 bits per heavy atom. The summed E-state index contributed by atoms with van der Waals surface area (Å²) in [5.41, 5.74) is 0. The van der Waals surface area contributed by atoms with Crippen LogP contribution >= 0.6 is 11.8 Å². The Kier molecular flexibility index (Phi) is 3.62. The molecule has 0 atom stereocenters. The molecule has 2 aromatic rings. The maximum atomic E-state index is 4.44. The monoisotopic (exact) mass is 217 g/mol. The highest BCUT2D eigenvalue weighted by atomic mass is 32.2. The predicted molar refractivity (Wildman–Crippen MR) is 67.4 cm³/mol. The van der Waals surface area contributed by atoms with Gasteiger partial charge in [0, 0.05) is 11.6 Å². The first-order chi connectivity index (χ1) is 7.42. The molecule has 15 heavy (non-hydrogen) atoms. The van der Waals surface area contributed by atoms with Crippen molar-refractivity contribution in [3.8, 4) is 0 Å². The Morgan fingerprint density at radius 2 is 2.07 bits per heavy atom. The van der Waals surface area contributed by atoms with Crippen molar-refractivity contribution < 1.29 is 0 Å². The summed E-state index contributed by atoms with van der Waals surface area (Å²) in [7, 11) is 0. The zero-order valence-corrected chi connectivity index (χ0v) is 9.76. The Hall–Kier alpha value is -1.02. The number of fused-ring (bicyclic) bond motifs is 1. The zero-order valence-electron chi connectivity index (χ0n) is 8.94. The topological polar surface area (TPSA) is 12.9 Å². The summed E-state index contributed by atoms with van der Waals surface area (Å²) < 4.78 is 0. The fourth-order valence-electron chi connectivity index (χ4n) is 1.52. The molecule has 0 aliphatic carbocycles. The molecule has 0 fully saturated rings. The smallest absolute Gasteiger partial charge is 0.104 e. The third-order valence-corrected chi connectivity index (χ3v) is 3.47. The average molecular weight is 217 g/mol. The molecule has 1 nitrogen and oxygen atoms in total. The molecule has 0 bridgehead atoms. The van der Waals surface area contributed by atoms with Crippen LogP contribution < -0.4 is 0 Å². The minimum Gasteiger partial charge on any atom is -0.249 e. The summed E-state index contributed by atoms with van der Waals surface area (Å²) in [4.78, 5) is 4.44. The molecule has 0 aliphatic rings. The maximum Gasteiger partial charge on any atom is 0.104 e. The van der Waals surface area contributed by atoms with Gasteiger partial charge in [0.05, 0.1) is 0 Å². The van der Waals surface area contributed by atoms with E-state index in [9.17, 15) is 0 Å². The molecule has 0 N–H and O–H groups in total. The summed E-state index contributed by atoms with van der Waals surface area (Å²) in [6, 6.07) is 10.5. The molecule has 0 aliphatic heterocycles. The summed E-state index contributed by atoms with van der Waals surface area (Å²) in [5, 5.41) is 3.73. The number of unbranched alkanes of at least 4 members (excludes halogenated alkanes) is 1. The fraction of sp³-hybridized carbons (Fsp3) is 0.308. The van der Waals surface area contributed by atoms with Crippen molar-refractivity contribution in [2.75, 3.05) is 5.75 Å². The van der Waals surface area contributed by atoms with Crippen molar-refractivity contribution in [3.63, 3.8) is 0 Å². The zero-order chi connectivity index (χ0) is 10.5. The van der Waals surface area contributed by atoms with E-state index in [1.807, 2.05) is 18.0 Å². The molecule has 1 heterocycles. The van der Waals surface area contributed by atoms with Gasteiger partial charge in [-0.25, -0.2) is 4.98 Å². The van der Waals surface area contributed by atoms with Crippen LogP contribution in [0.3, 0.4) is 0 Å². The molecule has 0 saturated heterocycles. The molecule has 0 saturated carbocycles. The minimum atomic E-state index is 1.16. The largest absolute Gasteiger partial charge is 0.249 e. The molecule has 0 spiro atoms. The van der Waals surface area contributed by atoms with E-state index in [1.54, 1.807) is 0 Å². The van der Waals surface area contributed by atoms with Crippen molar-refractivity contribution in [2.24, 2.45) is 0 Å². The van der Waals surface area contributed by atoms with E-state index in [0.717, 1.165) is 5.75 Å². The van der Waals surface area contributed by atoms with Crippen molar-refractivity contribution in [2.45, 2.75) is 24.8 Å². The first-order valence-corrected chi connectivity index (χ1v) is 6.37. The van der Waals surface area contributed by atoms with Gasteiger partial charge in [0.1, 0.15) is 5.03 Å². The molecular formula is C13H15NS.